The molecule has 0 spiro atoms. The van der Waals surface area contributed by atoms with Crippen molar-refractivity contribution in [3.8, 4) is 5.75 Å². The Morgan fingerprint density at radius 3 is 2.71 bits per heavy atom. The minimum absolute atomic E-state index is 0.0354. The highest BCUT2D eigenvalue weighted by Crippen LogP contribution is 2.18. The second-order valence-electron chi connectivity index (χ2n) is 5.58. The highest BCUT2D eigenvalue weighted by molar-refractivity contribution is 7.15. The largest absolute Gasteiger partial charge is 0.497 e. The van der Waals surface area contributed by atoms with Crippen molar-refractivity contribution in [1.82, 2.24) is 9.88 Å². The number of thiazole rings is 1. The number of nitrogens with zero attached hydrogens (tertiary/aromatic N) is 2. The Hall–Kier alpha value is -2.41. The predicted octanol–water partition coefficient (Wildman–Crippen LogP) is 2.95. The molecule has 0 fully saturated rings. The Morgan fingerprint density at radius 2 is 2.12 bits per heavy atom. The van der Waals surface area contributed by atoms with E-state index in [1.54, 1.807) is 37.6 Å². The summed E-state index contributed by atoms with van der Waals surface area (Å²) in [7, 11) is 1.55. The molecule has 1 heterocycles. The molecule has 1 aromatic heterocycles. The molecule has 0 bridgehead atoms. The quantitative estimate of drug-likeness (QED) is 0.872. The van der Waals surface area contributed by atoms with Crippen molar-refractivity contribution < 1.29 is 14.3 Å². The van der Waals surface area contributed by atoms with Crippen molar-refractivity contribution in [2.24, 2.45) is 0 Å². The molecule has 0 aliphatic heterocycles. The number of hydrogen-bond acceptors (Lipinski definition) is 5. The van der Waals surface area contributed by atoms with E-state index in [1.165, 1.54) is 16.2 Å². The fourth-order valence-corrected chi connectivity index (χ4v) is 2.82. The van der Waals surface area contributed by atoms with Gasteiger partial charge in [0.05, 0.1) is 7.11 Å². The molecule has 1 N–H and O–H groups in total. The van der Waals surface area contributed by atoms with Gasteiger partial charge >= 0.3 is 0 Å². The molecule has 2 rings (SSSR count). The van der Waals surface area contributed by atoms with Crippen molar-refractivity contribution in [2.45, 2.75) is 26.8 Å². The molecule has 0 saturated carbocycles. The third-order valence-electron chi connectivity index (χ3n) is 3.38. The fraction of sp³-hybridized carbons (Fsp3) is 0.353. The van der Waals surface area contributed by atoms with Gasteiger partial charge in [-0.05, 0) is 39.0 Å². The molecule has 1 aromatic carbocycles. The van der Waals surface area contributed by atoms with Crippen molar-refractivity contribution in [3.05, 3.63) is 40.9 Å². The second-order valence-corrected chi connectivity index (χ2v) is 6.82. The Morgan fingerprint density at radius 1 is 1.38 bits per heavy atom. The summed E-state index contributed by atoms with van der Waals surface area (Å²) in [4.78, 5) is 31.6. The number of hydrogen-bond donors (Lipinski definition) is 1. The fourth-order valence-electron chi connectivity index (χ4n) is 2.14. The maximum Gasteiger partial charge on any atom is 0.254 e. The van der Waals surface area contributed by atoms with Gasteiger partial charge in [0.25, 0.3) is 5.91 Å². The van der Waals surface area contributed by atoms with Crippen LogP contribution < -0.4 is 10.1 Å². The van der Waals surface area contributed by atoms with Gasteiger partial charge in [0, 0.05) is 22.7 Å². The van der Waals surface area contributed by atoms with Crippen LogP contribution >= 0.6 is 11.3 Å². The number of carbonyl (C=O) groups excluding carboxylic acids is 2. The SMILES string of the molecule is COc1cccc(C(=O)N(CC(=O)Nc2ncc(C)s2)C(C)C)c1. The summed E-state index contributed by atoms with van der Waals surface area (Å²) in [6.07, 6.45) is 1.70. The number of aromatic nitrogens is 1. The number of amides is 2. The molecule has 0 atom stereocenters. The Balaban J connectivity index is 2.10. The summed E-state index contributed by atoms with van der Waals surface area (Å²) >= 11 is 1.40. The van der Waals surface area contributed by atoms with E-state index in [2.05, 4.69) is 10.3 Å². The smallest absolute Gasteiger partial charge is 0.254 e. The molecular weight excluding hydrogens is 326 g/mol. The van der Waals surface area contributed by atoms with Crippen LogP contribution in [0, 0.1) is 6.92 Å². The van der Waals surface area contributed by atoms with E-state index in [-0.39, 0.29) is 24.4 Å². The molecular formula is C17H21N3O3S. The summed E-state index contributed by atoms with van der Waals surface area (Å²) < 4.78 is 5.15. The summed E-state index contributed by atoms with van der Waals surface area (Å²) in [6, 6.07) is 6.78. The van der Waals surface area contributed by atoms with Crippen LogP contribution in [0.4, 0.5) is 5.13 Å². The topological polar surface area (TPSA) is 71.5 Å². The predicted molar refractivity (Wildman–Crippen MR) is 94.6 cm³/mol. The third kappa shape index (κ3) is 4.55. The zero-order valence-corrected chi connectivity index (χ0v) is 15.0. The number of carbonyl (C=O) groups is 2. The number of methoxy groups -OCH3 is 1. The molecule has 7 heteroatoms. The van der Waals surface area contributed by atoms with Gasteiger partial charge in [0.2, 0.25) is 5.91 Å². The Labute approximate surface area is 145 Å². The van der Waals surface area contributed by atoms with E-state index < -0.39 is 0 Å². The maximum absolute atomic E-state index is 12.7. The van der Waals surface area contributed by atoms with Crippen LogP contribution in [0.2, 0.25) is 0 Å². The highest BCUT2D eigenvalue weighted by Gasteiger charge is 2.22. The van der Waals surface area contributed by atoms with Gasteiger partial charge < -0.3 is 15.0 Å². The lowest BCUT2D eigenvalue weighted by molar-refractivity contribution is -0.117. The zero-order chi connectivity index (χ0) is 17.7. The van der Waals surface area contributed by atoms with E-state index in [1.807, 2.05) is 20.8 Å². The lowest BCUT2D eigenvalue weighted by atomic mass is 10.1. The summed E-state index contributed by atoms with van der Waals surface area (Å²) in [5.41, 5.74) is 0.487. The maximum atomic E-state index is 12.7. The van der Waals surface area contributed by atoms with Gasteiger partial charge in [0.1, 0.15) is 12.3 Å². The number of benzene rings is 1. The van der Waals surface area contributed by atoms with E-state index in [9.17, 15) is 9.59 Å². The number of nitrogens with one attached hydrogen (secondary N) is 1. The van der Waals surface area contributed by atoms with Crippen LogP contribution in [0.15, 0.2) is 30.5 Å². The van der Waals surface area contributed by atoms with Crippen molar-refractivity contribution >= 4 is 28.3 Å². The molecule has 0 unspecified atom stereocenters. The Bertz CT molecular complexity index is 727. The summed E-state index contributed by atoms with van der Waals surface area (Å²) in [6.45, 7) is 5.63. The third-order valence-corrected chi connectivity index (χ3v) is 4.21. The lowest BCUT2D eigenvalue weighted by Crippen LogP contribution is -2.42. The minimum atomic E-state index is -0.269. The molecule has 24 heavy (non-hydrogen) atoms. The molecule has 0 aliphatic rings. The first-order valence-corrected chi connectivity index (χ1v) is 8.39. The summed E-state index contributed by atoms with van der Waals surface area (Å²) in [5, 5.41) is 3.26. The van der Waals surface area contributed by atoms with Gasteiger partial charge in [0.15, 0.2) is 5.13 Å². The normalized spacial score (nSPS) is 10.5. The van der Waals surface area contributed by atoms with Gasteiger partial charge in [-0.2, -0.15) is 0 Å². The van der Waals surface area contributed by atoms with Crippen LogP contribution in [-0.2, 0) is 4.79 Å². The minimum Gasteiger partial charge on any atom is -0.497 e. The molecule has 0 radical (unpaired) electrons. The van der Waals surface area contributed by atoms with Crippen LogP contribution in [0.1, 0.15) is 29.1 Å². The molecule has 6 nitrogen and oxygen atoms in total. The lowest BCUT2D eigenvalue weighted by Gasteiger charge is -2.26. The molecule has 0 saturated heterocycles. The van der Waals surface area contributed by atoms with Crippen LogP contribution in [0.25, 0.3) is 0 Å². The van der Waals surface area contributed by atoms with Gasteiger partial charge in [-0.25, -0.2) is 4.98 Å². The van der Waals surface area contributed by atoms with Gasteiger partial charge in [-0.3, -0.25) is 9.59 Å². The van der Waals surface area contributed by atoms with Crippen LogP contribution in [-0.4, -0.2) is 41.4 Å². The average Bonchev–Trinajstić information content (AvgIpc) is 2.96. The van der Waals surface area contributed by atoms with E-state index in [4.69, 9.17) is 4.74 Å². The first kappa shape index (κ1) is 17.9. The van der Waals surface area contributed by atoms with Crippen molar-refractivity contribution in [2.75, 3.05) is 19.0 Å². The summed E-state index contributed by atoms with van der Waals surface area (Å²) in [5.74, 6) is 0.121. The molecule has 0 aliphatic carbocycles. The first-order valence-electron chi connectivity index (χ1n) is 7.58. The van der Waals surface area contributed by atoms with Gasteiger partial charge in [-0.1, -0.05) is 6.07 Å². The van der Waals surface area contributed by atoms with Crippen LogP contribution in [0.5, 0.6) is 5.75 Å². The number of aryl methyl sites for hydroxylation is 1. The van der Waals surface area contributed by atoms with Crippen molar-refractivity contribution in [1.29, 1.82) is 0 Å². The number of anilines is 1. The van der Waals surface area contributed by atoms with Crippen molar-refractivity contribution in [3.63, 3.8) is 0 Å². The Kier molecular flexibility index (Phi) is 5.92. The highest BCUT2D eigenvalue weighted by atomic mass is 32.1. The van der Waals surface area contributed by atoms with E-state index in [0.29, 0.717) is 16.4 Å². The molecule has 2 aromatic rings. The van der Waals surface area contributed by atoms with E-state index >= 15 is 0 Å². The average molecular weight is 347 g/mol. The molecule has 128 valence electrons. The standard InChI is InChI=1S/C17H21N3O3S/c1-11(2)20(10-15(21)19-17-18-9-12(3)24-17)16(22)13-6-5-7-14(8-13)23-4/h5-9,11H,10H2,1-4H3,(H,18,19,21). The van der Waals surface area contributed by atoms with Gasteiger partial charge in [-0.15, -0.1) is 11.3 Å². The molecule has 2 amide bonds. The monoisotopic (exact) mass is 347 g/mol. The first-order chi connectivity index (χ1) is 11.4. The zero-order valence-electron chi connectivity index (χ0n) is 14.2. The second kappa shape index (κ2) is 7.92. The van der Waals surface area contributed by atoms with Crippen LogP contribution in [0.3, 0.4) is 0 Å². The van der Waals surface area contributed by atoms with E-state index in [0.717, 1.165) is 4.88 Å². The number of rotatable bonds is 6. The number of ether oxygens (including phenoxy) is 1.